The summed E-state index contributed by atoms with van der Waals surface area (Å²) in [4.78, 5) is 0. The maximum atomic E-state index is 5.18. The van der Waals surface area contributed by atoms with E-state index in [2.05, 4.69) is 13.2 Å². The summed E-state index contributed by atoms with van der Waals surface area (Å²) in [5, 5.41) is 0. The van der Waals surface area contributed by atoms with Gasteiger partial charge in [-0.25, -0.2) is 0 Å². The minimum atomic E-state index is 0.496. The second-order valence-corrected chi connectivity index (χ2v) is 2.68. The van der Waals surface area contributed by atoms with E-state index in [9.17, 15) is 0 Å². The number of epoxide rings is 1. The third-order valence-corrected chi connectivity index (χ3v) is 1.82. The molecular formula is C9H14O. The Morgan fingerprint density at radius 2 is 1.90 bits per heavy atom. The van der Waals surface area contributed by atoms with Crippen LogP contribution in [0.2, 0.25) is 0 Å². The fourth-order valence-electron chi connectivity index (χ4n) is 1.16. The van der Waals surface area contributed by atoms with Crippen LogP contribution in [0, 0.1) is 5.92 Å². The molecular weight excluding hydrogens is 124 g/mol. The highest BCUT2D eigenvalue weighted by Crippen LogP contribution is 2.26. The molecule has 1 saturated heterocycles. The van der Waals surface area contributed by atoms with E-state index < -0.39 is 0 Å². The normalized spacial score (nSPS) is 22.7. The van der Waals surface area contributed by atoms with Crippen molar-refractivity contribution in [2.24, 2.45) is 5.92 Å². The van der Waals surface area contributed by atoms with E-state index in [4.69, 9.17) is 4.74 Å². The largest absolute Gasteiger partial charge is 0.373 e. The minimum absolute atomic E-state index is 0.496. The average Bonchev–Trinajstić information content (AvgIpc) is 2.69. The molecule has 1 aliphatic rings. The first-order valence-corrected chi connectivity index (χ1v) is 3.72. The van der Waals surface area contributed by atoms with Crippen LogP contribution in [0.1, 0.15) is 12.8 Å². The first-order valence-electron chi connectivity index (χ1n) is 3.72. The Morgan fingerprint density at radius 3 is 2.20 bits per heavy atom. The topological polar surface area (TPSA) is 12.5 Å². The quantitative estimate of drug-likeness (QED) is 0.419. The second kappa shape index (κ2) is 3.57. The van der Waals surface area contributed by atoms with Gasteiger partial charge in [0.25, 0.3) is 0 Å². The van der Waals surface area contributed by atoms with Crippen LogP contribution in [-0.4, -0.2) is 12.7 Å². The van der Waals surface area contributed by atoms with Crippen molar-refractivity contribution in [3.63, 3.8) is 0 Å². The summed E-state index contributed by atoms with van der Waals surface area (Å²) in [7, 11) is 0. The molecule has 1 rings (SSSR count). The highest BCUT2D eigenvalue weighted by Gasteiger charge is 2.30. The lowest BCUT2D eigenvalue weighted by atomic mass is 9.98. The lowest BCUT2D eigenvalue weighted by molar-refractivity contribution is 0.330. The Kier molecular flexibility index (Phi) is 2.69. The van der Waals surface area contributed by atoms with Crippen LogP contribution in [0.25, 0.3) is 0 Å². The molecule has 0 radical (unpaired) electrons. The highest BCUT2D eigenvalue weighted by molar-refractivity contribution is 4.88. The van der Waals surface area contributed by atoms with Gasteiger partial charge in [0.1, 0.15) is 0 Å². The molecule has 56 valence electrons. The Labute approximate surface area is 62.4 Å². The van der Waals surface area contributed by atoms with Crippen molar-refractivity contribution in [3.8, 4) is 0 Å². The number of allylic oxidation sites excluding steroid dienone is 2. The fraction of sp³-hybridized carbons (Fsp3) is 0.556. The van der Waals surface area contributed by atoms with E-state index in [1.54, 1.807) is 0 Å². The summed E-state index contributed by atoms with van der Waals surface area (Å²) in [6.07, 6.45) is 6.51. The molecule has 1 heteroatoms. The van der Waals surface area contributed by atoms with E-state index >= 15 is 0 Å². The molecule has 0 aromatic rings. The van der Waals surface area contributed by atoms with Crippen molar-refractivity contribution >= 4 is 0 Å². The Hall–Kier alpha value is -0.560. The number of hydrogen-bond donors (Lipinski definition) is 0. The van der Waals surface area contributed by atoms with Gasteiger partial charge in [-0.1, -0.05) is 12.2 Å². The third kappa shape index (κ3) is 1.99. The van der Waals surface area contributed by atoms with Crippen molar-refractivity contribution < 1.29 is 4.74 Å². The molecule has 0 amide bonds. The second-order valence-electron chi connectivity index (χ2n) is 2.68. The zero-order chi connectivity index (χ0) is 7.40. The molecule has 0 saturated carbocycles. The lowest BCUT2D eigenvalue weighted by Gasteiger charge is -2.07. The Morgan fingerprint density at radius 1 is 1.40 bits per heavy atom. The zero-order valence-electron chi connectivity index (χ0n) is 6.25. The van der Waals surface area contributed by atoms with Gasteiger partial charge in [-0.3, -0.25) is 0 Å². The van der Waals surface area contributed by atoms with E-state index in [0.29, 0.717) is 12.0 Å². The van der Waals surface area contributed by atoms with Gasteiger partial charge in [0.05, 0.1) is 12.7 Å². The summed E-state index contributed by atoms with van der Waals surface area (Å²) < 4.78 is 5.18. The van der Waals surface area contributed by atoms with Crippen LogP contribution in [0.15, 0.2) is 25.3 Å². The molecule has 0 spiro atoms. The van der Waals surface area contributed by atoms with E-state index in [1.165, 1.54) is 0 Å². The van der Waals surface area contributed by atoms with Crippen LogP contribution in [0.3, 0.4) is 0 Å². The highest BCUT2D eigenvalue weighted by atomic mass is 16.6. The molecule has 0 bridgehead atoms. The molecule has 1 unspecified atom stereocenters. The van der Waals surface area contributed by atoms with Gasteiger partial charge in [0, 0.05) is 0 Å². The standard InChI is InChI=1S/C9H14O/c1-3-5-8(6-4-2)9-7-10-9/h3-4,8-9H,1-2,5-7H2. The monoisotopic (exact) mass is 138 g/mol. The van der Waals surface area contributed by atoms with Gasteiger partial charge < -0.3 is 4.74 Å². The molecule has 0 N–H and O–H groups in total. The molecule has 1 fully saturated rings. The molecule has 1 nitrogen and oxygen atoms in total. The number of hydrogen-bond acceptors (Lipinski definition) is 1. The lowest BCUT2D eigenvalue weighted by Crippen LogP contribution is -2.05. The van der Waals surface area contributed by atoms with Crippen LogP contribution < -0.4 is 0 Å². The summed E-state index contributed by atoms with van der Waals surface area (Å²) >= 11 is 0. The summed E-state index contributed by atoms with van der Waals surface area (Å²) in [6.45, 7) is 8.34. The molecule has 10 heavy (non-hydrogen) atoms. The molecule has 1 aliphatic heterocycles. The minimum Gasteiger partial charge on any atom is -0.373 e. The van der Waals surface area contributed by atoms with Crippen molar-refractivity contribution in [1.82, 2.24) is 0 Å². The van der Waals surface area contributed by atoms with Gasteiger partial charge in [-0.15, -0.1) is 13.2 Å². The third-order valence-electron chi connectivity index (χ3n) is 1.82. The molecule has 1 heterocycles. The smallest absolute Gasteiger partial charge is 0.0843 e. The predicted molar refractivity (Wildman–Crippen MR) is 42.9 cm³/mol. The summed E-state index contributed by atoms with van der Waals surface area (Å²) in [5.74, 6) is 0.634. The van der Waals surface area contributed by atoms with Gasteiger partial charge in [-0.2, -0.15) is 0 Å². The maximum Gasteiger partial charge on any atom is 0.0843 e. The molecule has 0 aliphatic carbocycles. The Bertz CT molecular complexity index is 115. The van der Waals surface area contributed by atoms with E-state index in [0.717, 1.165) is 19.4 Å². The van der Waals surface area contributed by atoms with Crippen molar-refractivity contribution in [1.29, 1.82) is 0 Å². The zero-order valence-corrected chi connectivity index (χ0v) is 6.25. The first-order chi connectivity index (χ1) is 4.88. The van der Waals surface area contributed by atoms with E-state index in [1.807, 2.05) is 12.2 Å². The van der Waals surface area contributed by atoms with Gasteiger partial charge in [0.15, 0.2) is 0 Å². The average molecular weight is 138 g/mol. The number of ether oxygens (including phenoxy) is 1. The molecule has 0 aromatic carbocycles. The predicted octanol–water partition coefficient (Wildman–Crippen LogP) is 2.15. The van der Waals surface area contributed by atoms with Crippen LogP contribution in [-0.2, 0) is 4.74 Å². The Balaban J connectivity index is 2.25. The van der Waals surface area contributed by atoms with Crippen LogP contribution in [0.4, 0.5) is 0 Å². The summed E-state index contributed by atoms with van der Waals surface area (Å²) in [5.41, 5.74) is 0. The van der Waals surface area contributed by atoms with Gasteiger partial charge in [-0.05, 0) is 18.8 Å². The maximum absolute atomic E-state index is 5.18. The van der Waals surface area contributed by atoms with Crippen molar-refractivity contribution in [3.05, 3.63) is 25.3 Å². The SMILES string of the molecule is C=CCC(CC=C)C1CO1. The van der Waals surface area contributed by atoms with Crippen molar-refractivity contribution in [2.75, 3.05) is 6.61 Å². The van der Waals surface area contributed by atoms with Gasteiger partial charge in [0.2, 0.25) is 0 Å². The van der Waals surface area contributed by atoms with Crippen molar-refractivity contribution in [2.45, 2.75) is 18.9 Å². The summed E-state index contributed by atoms with van der Waals surface area (Å²) in [6, 6.07) is 0. The molecule has 0 aromatic heterocycles. The first kappa shape index (κ1) is 7.55. The number of rotatable bonds is 5. The fourth-order valence-corrected chi connectivity index (χ4v) is 1.16. The van der Waals surface area contributed by atoms with Crippen LogP contribution >= 0.6 is 0 Å². The molecule has 1 atom stereocenters. The van der Waals surface area contributed by atoms with Crippen LogP contribution in [0.5, 0.6) is 0 Å². The van der Waals surface area contributed by atoms with E-state index in [-0.39, 0.29) is 0 Å². The van der Waals surface area contributed by atoms with Gasteiger partial charge >= 0.3 is 0 Å².